The Kier molecular flexibility index (Phi) is 1.47. The molecule has 1 atom stereocenters. The second-order valence-electron chi connectivity index (χ2n) is 2.00. The van der Waals surface area contributed by atoms with Crippen molar-refractivity contribution in [3.8, 4) is 6.07 Å². The van der Waals surface area contributed by atoms with Crippen LogP contribution in [0.3, 0.4) is 0 Å². The number of hydrogen-bond donors (Lipinski definition) is 0. The molecule has 0 aromatic rings. The third-order valence-corrected chi connectivity index (χ3v) is 1.33. The average Bonchev–Trinajstić information content (AvgIpc) is 2.14. The molecule has 1 aliphatic heterocycles. The van der Waals surface area contributed by atoms with Crippen molar-refractivity contribution in [2.45, 2.75) is 6.42 Å². The topological polar surface area (TPSA) is 50.1 Å². The summed E-state index contributed by atoms with van der Waals surface area (Å²) in [4.78, 5) is 0. The lowest BCUT2D eigenvalue weighted by molar-refractivity contribution is 0.460. The van der Waals surface area contributed by atoms with Gasteiger partial charge in [-0.05, 0) is 13.0 Å². The van der Waals surface area contributed by atoms with Gasteiger partial charge in [0.1, 0.15) is 0 Å². The van der Waals surface area contributed by atoms with E-state index < -0.39 is 0 Å². The number of nitrogens with zero attached hydrogens (tertiary/aromatic N) is 2. The van der Waals surface area contributed by atoms with Crippen molar-refractivity contribution >= 4 is 0 Å². The standard InChI is InChI=1S/C5H7N2O/c6-3-5-1-2-7(8)4-5/h5H,1-2,4H2/q-1. The molecule has 0 radical (unpaired) electrons. The van der Waals surface area contributed by atoms with Crippen molar-refractivity contribution in [2.75, 3.05) is 13.1 Å². The summed E-state index contributed by atoms with van der Waals surface area (Å²) in [7, 11) is 0. The summed E-state index contributed by atoms with van der Waals surface area (Å²) >= 11 is 0. The summed E-state index contributed by atoms with van der Waals surface area (Å²) in [6, 6.07) is 2.05. The Bertz CT molecular complexity index is 118. The summed E-state index contributed by atoms with van der Waals surface area (Å²) in [5.41, 5.74) is 0. The first-order chi connectivity index (χ1) is 3.83. The molecule has 0 aromatic carbocycles. The molecule has 0 bridgehead atoms. The maximum absolute atomic E-state index is 10.4. The van der Waals surface area contributed by atoms with Crippen LogP contribution in [-0.2, 0) is 0 Å². The molecule has 1 heterocycles. The first-order valence-corrected chi connectivity index (χ1v) is 2.64. The van der Waals surface area contributed by atoms with Gasteiger partial charge in [-0.25, -0.2) is 0 Å². The van der Waals surface area contributed by atoms with Gasteiger partial charge in [0.25, 0.3) is 0 Å². The van der Waals surface area contributed by atoms with Crippen LogP contribution in [0, 0.1) is 22.5 Å². The van der Waals surface area contributed by atoms with E-state index in [9.17, 15) is 5.21 Å². The van der Waals surface area contributed by atoms with Crippen molar-refractivity contribution in [1.82, 2.24) is 5.06 Å². The molecule has 0 N–H and O–H groups in total. The summed E-state index contributed by atoms with van der Waals surface area (Å²) in [5.74, 6) is -0.00694. The highest BCUT2D eigenvalue weighted by molar-refractivity contribution is 4.90. The number of nitriles is 1. The molecule has 0 aromatic heterocycles. The highest BCUT2D eigenvalue weighted by Gasteiger charge is 2.14. The fraction of sp³-hybridized carbons (Fsp3) is 0.800. The number of hydroxylamine groups is 2. The van der Waals surface area contributed by atoms with Crippen LogP contribution in [-0.4, -0.2) is 18.2 Å². The Morgan fingerprint density at radius 3 is 2.75 bits per heavy atom. The first-order valence-electron chi connectivity index (χ1n) is 2.64. The van der Waals surface area contributed by atoms with Crippen molar-refractivity contribution in [3.63, 3.8) is 0 Å². The maximum atomic E-state index is 10.4. The lowest BCUT2D eigenvalue weighted by Crippen LogP contribution is -2.10. The molecule has 3 heteroatoms. The van der Waals surface area contributed by atoms with Gasteiger partial charge in [-0.15, -0.1) is 0 Å². The first kappa shape index (κ1) is 5.54. The van der Waals surface area contributed by atoms with E-state index in [1.54, 1.807) is 0 Å². The van der Waals surface area contributed by atoms with Gasteiger partial charge in [0.2, 0.25) is 0 Å². The second kappa shape index (κ2) is 2.12. The van der Waals surface area contributed by atoms with Crippen molar-refractivity contribution in [1.29, 1.82) is 5.26 Å². The van der Waals surface area contributed by atoms with Gasteiger partial charge in [0, 0.05) is 6.54 Å². The van der Waals surface area contributed by atoms with Crippen LogP contribution in [0.15, 0.2) is 0 Å². The van der Waals surface area contributed by atoms with E-state index in [0.29, 0.717) is 13.1 Å². The van der Waals surface area contributed by atoms with E-state index in [1.165, 1.54) is 0 Å². The van der Waals surface area contributed by atoms with E-state index in [-0.39, 0.29) is 5.92 Å². The Labute approximate surface area is 48.1 Å². The third kappa shape index (κ3) is 0.971. The average molecular weight is 111 g/mol. The molecule has 1 rings (SSSR count). The molecule has 1 fully saturated rings. The van der Waals surface area contributed by atoms with Crippen molar-refractivity contribution < 1.29 is 0 Å². The molecule has 1 saturated heterocycles. The van der Waals surface area contributed by atoms with Crippen molar-refractivity contribution in [3.05, 3.63) is 5.21 Å². The minimum absolute atomic E-state index is 0.00694. The van der Waals surface area contributed by atoms with Crippen LogP contribution in [0.1, 0.15) is 6.42 Å². The predicted molar refractivity (Wildman–Crippen MR) is 28.7 cm³/mol. The van der Waals surface area contributed by atoms with Crippen molar-refractivity contribution in [2.24, 2.45) is 5.92 Å². The van der Waals surface area contributed by atoms with Crippen LogP contribution >= 0.6 is 0 Å². The zero-order valence-corrected chi connectivity index (χ0v) is 4.50. The quantitative estimate of drug-likeness (QED) is 0.452. The third-order valence-electron chi connectivity index (χ3n) is 1.33. The Hall–Kier alpha value is -0.590. The smallest absolute Gasteiger partial charge is 0.0669 e. The highest BCUT2D eigenvalue weighted by Crippen LogP contribution is 2.12. The molecule has 0 spiro atoms. The molecular weight excluding hydrogens is 104 g/mol. The molecular formula is C5H7N2O-. The van der Waals surface area contributed by atoms with Crippen LogP contribution in [0.25, 0.3) is 0 Å². The SMILES string of the molecule is N#CC1CCN([O-])C1. The predicted octanol–water partition coefficient (Wildman–Crippen LogP) is 0.330. The van der Waals surface area contributed by atoms with Gasteiger partial charge in [0.15, 0.2) is 0 Å². The minimum Gasteiger partial charge on any atom is -0.785 e. The molecule has 0 aliphatic carbocycles. The Morgan fingerprint density at radius 1 is 1.75 bits per heavy atom. The number of rotatable bonds is 0. The monoisotopic (exact) mass is 111 g/mol. The molecule has 1 aliphatic rings. The van der Waals surface area contributed by atoms with E-state index in [4.69, 9.17) is 5.26 Å². The summed E-state index contributed by atoms with van der Waals surface area (Å²) in [5, 5.41) is 19.6. The van der Waals surface area contributed by atoms with Gasteiger partial charge in [-0.3, -0.25) is 0 Å². The van der Waals surface area contributed by atoms with Crippen LogP contribution in [0.5, 0.6) is 0 Å². The van der Waals surface area contributed by atoms with E-state index >= 15 is 0 Å². The van der Waals surface area contributed by atoms with E-state index in [0.717, 1.165) is 11.5 Å². The lowest BCUT2D eigenvalue weighted by atomic mass is 10.1. The fourth-order valence-corrected chi connectivity index (χ4v) is 0.834. The molecule has 3 nitrogen and oxygen atoms in total. The zero-order valence-electron chi connectivity index (χ0n) is 4.50. The van der Waals surface area contributed by atoms with Gasteiger partial charge in [0.05, 0.1) is 12.0 Å². The van der Waals surface area contributed by atoms with Crippen LogP contribution in [0.4, 0.5) is 0 Å². The molecule has 44 valence electrons. The molecule has 0 amide bonds. The largest absolute Gasteiger partial charge is 0.785 e. The van der Waals surface area contributed by atoms with E-state index in [1.807, 2.05) is 0 Å². The normalized spacial score (nSPS) is 30.2. The van der Waals surface area contributed by atoms with Gasteiger partial charge >= 0.3 is 0 Å². The van der Waals surface area contributed by atoms with E-state index in [2.05, 4.69) is 6.07 Å². The second-order valence-corrected chi connectivity index (χ2v) is 2.00. The van der Waals surface area contributed by atoms with Crippen LogP contribution < -0.4 is 0 Å². The summed E-state index contributed by atoms with van der Waals surface area (Å²) in [6.45, 7) is 0.953. The Balaban J connectivity index is 2.35. The maximum Gasteiger partial charge on any atom is 0.0669 e. The Morgan fingerprint density at radius 2 is 2.50 bits per heavy atom. The molecule has 0 saturated carbocycles. The highest BCUT2D eigenvalue weighted by atomic mass is 16.5. The molecule has 8 heavy (non-hydrogen) atoms. The van der Waals surface area contributed by atoms with Crippen LogP contribution in [0.2, 0.25) is 0 Å². The lowest BCUT2D eigenvalue weighted by Gasteiger charge is -2.19. The van der Waals surface area contributed by atoms with Gasteiger partial charge in [-0.2, -0.15) is 5.26 Å². The number of hydrogen-bond acceptors (Lipinski definition) is 3. The molecule has 1 unspecified atom stereocenters. The van der Waals surface area contributed by atoms with Gasteiger partial charge in [-0.1, -0.05) is 0 Å². The van der Waals surface area contributed by atoms with Gasteiger partial charge < -0.3 is 10.3 Å². The summed E-state index contributed by atoms with van der Waals surface area (Å²) in [6.07, 6.45) is 0.750. The summed E-state index contributed by atoms with van der Waals surface area (Å²) < 4.78 is 0. The minimum atomic E-state index is -0.00694. The fourth-order valence-electron chi connectivity index (χ4n) is 0.834. The zero-order chi connectivity index (χ0) is 5.98.